The van der Waals surface area contributed by atoms with Gasteiger partial charge in [-0.15, -0.1) is 0 Å². The quantitative estimate of drug-likeness (QED) is 0.857. The summed E-state index contributed by atoms with van der Waals surface area (Å²) in [5.74, 6) is -0.525. The van der Waals surface area contributed by atoms with Gasteiger partial charge in [0, 0.05) is 12.8 Å². The van der Waals surface area contributed by atoms with Crippen molar-refractivity contribution in [1.82, 2.24) is 5.43 Å². The fraction of sp³-hybridized carbons (Fsp3) is 0.250. The molecule has 0 saturated heterocycles. The second kappa shape index (κ2) is 5.18. The maximum Gasteiger partial charge on any atom is 0.271 e. The molecule has 0 radical (unpaired) electrons. The van der Waals surface area contributed by atoms with Gasteiger partial charge in [-0.2, -0.15) is 5.10 Å². The molecule has 0 aliphatic carbocycles. The van der Waals surface area contributed by atoms with Gasteiger partial charge in [0.1, 0.15) is 5.71 Å². The molecule has 0 atom stereocenters. The Morgan fingerprint density at radius 3 is 2.89 bits per heavy atom. The molecule has 1 aromatic rings. The maximum absolute atomic E-state index is 11.9. The number of halogens is 1. The standard InChI is InChI=1S/C12H12ClN3O2/c1-7-3-2-4-8(11(7)13)14-12(18)9-5-6-10(17)16-15-9/h2-4H,5-6H2,1H3,(H,14,18)(H,16,17). The molecule has 0 spiro atoms. The van der Waals surface area contributed by atoms with Crippen LogP contribution in [0.2, 0.25) is 5.02 Å². The van der Waals surface area contributed by atoms with Gasteiger partial charge >= 0.3 is 0 Å². The van der Waals surface area contributed by atoms with Crippen LogP contribution in [0.3, 0.4) is 0 Å². The fourth-order valence-electron chi connectivity index (χ4n) is 1.58. The monoisotopic (exact) mass is 265 g/mol. The molecule has 2 amide bonds. The second-order valence-electron chi connectivity index (χ2n) is 3.98. The molecule has 0 unspecified atom stereocenters. The molecule has 18 heavy (non-hydrogen) atoms. The lowest BCUT2D eigenvalue weighted by atomic mass is 10.1. The Bertz CT molecular complexity index is 540. The lowest BCUT2D eigenvalue weighted by Gasteiger charge is -2.13. The normalized spacial score (nSPS) is 14.8. The highest BCUT2D eigenvalue weighted by Crippen LogP contribution is 2.25. The van der Waals surface area contributed by atoms with Gasteiger partial charge in [-0.05, 0) is 18.6 Å². The highest BCUT2D eigenvalue weighted by Gasteiger charge is 2.19. The van der Waals surface area contributed by atoms with Crippen molar-refractivity contribution in [2.45, 2.75) is 19.8 Å². The lowest BCUT2D eigenvalue weighted by molar-refractivity contribution is -0.121. The molecule has 2 N–H and O–H groups in total. The number of aryl methyl sites for hydroxylation is 1. The van der Waals surface area contributed by atoms with E-state index in [-0.39, 0.29) is 18.2 Å². The van der Waals surface area contributed by atoms with E-state index in [4.69, 9.17) is 11.6 Å². The van der Waals surface area contributed by atoms with Crippen LogP contribution in [0.4, 0.5) is 5.69 Å². The smallest absolute Gasteiger partial charge is 0.271 e. The summed E-state index contributed by atoms with van der Waals surface area (Å²) in [4.78, 5) is 22.8. The Morgan fingerprint density at radius 2 is 2.22 bits per heavy atom. The summed E-state index contributed by atoms with van der Waals surface area (Å²) in [5, 5.41) is 6.91. The number of rotatable bonds is 2. The van der Waals surface area contributed by atoms with Gasteiger partial charge in [0.25, 0.3) is 5.91 Å². The summed E-state index contributed by atoms with van der Waals surface area (Å²) >= 11 is 6.08. The average molecular weight is 266 g/mol. The van der Waals surface area contributed by atoms with E-state index in [0.717, 1.165) is 5.56 Å². The molecule has 1 heterocycles. The maximum atomic E-state index is 11.9. The first-order valence-corrected chi connectivity index (χ1v) is 5.87. The van der Waals surface area contributed by atoms with Crippen molar-refractivity contribution in [3.63, 3.8) is 0 Å². The Kier molecular flexibility index (Phi) is 3.62. The Morgan fingerprint density at radius 1 is 1.44 bits per heavy atom. The molecule has 1 aliphatic rings. The summed E-state index contributed by atoms with van der Waals surface area (Å²) in [6.45, 7) is 1.86. The molecular formula is C12H12ClN3O2. The molecule has 5 nitrogen and oxygen atoms in total. The topological polar surface area (TPSA) is 70.6 Å². The second-order valence-corrected chi connectivity index (χ2v) is 4.36. The predicted octanol–water partition coefficient (Wildman–Crippen LogP) is 1.85. The number of hydrazone groups is 1. The van der Waals surface area contributed by atoms with E-state index < -0.39 is 0 Å². The largest absolute Gasteiger partial charge is 0.320 e. The van der Waals surface area contributed by atoms with Crippen LogP contribution in [0.1, 0.15) is 18.4 Å². The summed E-state index contributed by atoms with van der Waals surface area (Å²) in [6, 6.07) is 5.38. The average Bonchev–Trinajstić information content (AvgIpc) is 2.36. The minimum Gasteiger partial charge on any atom is -0.320 e. The van der Waals surface area contributed by atoms with E-state index in [1.54, 1.807) is 12.1 Å². The highest BCUT2D eigenvalue weighted by molar-refractivity contribution is 6.44. The summed E-state index contributed by atoms with van der Waals surface area (Å²) < 4.78 is 0. The van der Waals surface area contributed by atoms with Crippen molar-refractivity contribution in [3.8, 4) is 0 Å². The minimum absolute atomic E-state index is 0.180. The van der Waals surface area contributed by atoms with Gasteiger partial charge in [-0.3, -0.25) is 9.59 Å². The zero-order valence-corrected chi connectivity index (χ0v) is 10.5. The molecule has 0 fully saturated rings. The first-order chi connectivity index (χ1) is 8.58. The third-order valence-electron chi connectivity index (χ3n) is 2.61. The van der Waals surface area contributed by atoms with Crippen LogP contribution in [0.15, 0.2) is 23.3 Å². The minimum atomic E-state index is -0.345. The number of nitrogens with one attached hydrogen (secondary N) is 2. The fourth-order valence-corrected chi connectivity index (χ4v) is 1.75. The number of anilines is 1. The third-order valence-corrected chi connectivity index (χ3v) is 3.11. The lowest BCUT2D eigenvalue weighted by Crippen LogP contribution is -2.32. The molecule has 94 valence electrons. The van der Waals surface area contributed by atoms with Crippen LogP contribution in [-0.4, -0.2) is 17.5 Å². The third kappa shape index (κ3) is 2.68. The van der Waals surface area contributed by atoms with Crippen molar-refractivity contribution < 1.29 is 9.59 Å². The van der Waals surface area contributed by atoms with E-state index in [1.165, 1.54) is 0 Å². The predicted molar refractivity (Wildman–Crippen MR) is 69.6 cm³/mol. The Hall–Kier alpha value is -1.88. The van der Waals surface area contributed by atoms with Gasteiger partial charge in [-0.1, -0.05) is 23.7 Å². The van der Waals surface area contributed by atoms with E-state index >= 15 is 0 Å². The number of nitrogens with zero attached hydrogens (tertiary/aromatic N) is 1. The number of amides is 2. The summed E-state index contributed by atoms with van der Waals surface area (Å²) in [5.41, 5.74) is 4.00. The number of carbonyl (C=O) groups excluding carboxylic acids is 2. The van der Waals surface area contributed by atoms with Gasteiger partial charge in [-0.25, -0.2) is 5.43 Å². The number of carbonyl (C=O) groups is 2. The van der Waals surface area contributed by atoms with Crippen molar-refractivity contribution in [2.24, 2.45) is 5.10 Å². The SMILES string of the molecule is Cc1cccc(NC(=O)C2=NNC(=O)CC2)c1Cl. The molecule has 0 aromatic heterocycles. The van der Waals surface area contributed by atoms with Gasteiger partial charge in [0.05, 0.1) is 10.7 Å². The molecule has 2 rings (SSSR count). The van der Waals surface area contributed by atoms with Crippen molar-refractivity contribution >= 4 is 34.8 Å². The molecule has 6 heteroatoms. The van der Waals surface area contributed by atoms with Crippen LogP contribution in [-0.2, 0) is 9.59 Å². The number of benzene rings is 1. The van der Waals surface area contributed by atoms with Gasteiger partial charge < -0.3 is 5.32 Å². The Labute approximate surface area is 109 Å². The van der Waals surface area contributed by atoms with Crippen LogP contribution in [0, 0.1) is 6.92 Å². The first kappa shape index (κ1) is 12.6. The number of hydrogen-bond acceptors (Lipinski definition) is 3. The molecule has 1 aliphatic heterocycles. The zero-order chi connectivity index (χ0) is 13.1. The van der Waals surface area contributed by atoms with Crippen molar-refractivity contribution in [3.05, 3.63) is 28.8 Å². The summed E-state index contributed by atoms with van der Waals surface area (Å²) in [6.07, 6.45) is 0.606. The Balaban J connectivity index is 2.12. The van der Waals surface area contributed by atoms with Crippen LogP contribution < -0.4 is 10.7 Å². The van der Waals surface area contributed by atoms with Crippen molar-refractivity contribution in [2.75, 3.05) is 5.32 Å². The molecule has 0 saturated carbocycles. The number of hydrogen-bond donors (Lipinski definition) is 2. The highest BCUT2D eigenvalue weighted by atomic mass is 35.5. The van der Waals surface area contributed by atoms with Crippen LogP contribution in [0.25, 0.3) is 0 Å². The van der Waals surface area contributed by atoms with E-state index in [1.807, 2.05) is 13.0 Å². The van der Waals surface area contributed by atoms with Crippen LogP contribution in [0.5, 0.6) is 0 Å². The zero-order valence-electron chi connectivity index (χ0n) is 9.79. The summed E-state index contributed by atoms with van der Waals surface area (Å²) in [7, 11) is 0. The first-order valence-electron chi connectivity index (χ1n) is 5.50. The van der Waals surface area contributed by atoms with E-state index in [2.05, 4.69) is 15.8 Å². The molecular weight excluding hydrogens is 254 g/mol. The molecule has 0 bridgehead atoms. The van der Waals surface area contributed by atoms with Crippen molar-refractivity contribution in [1.29, 1.82) is 0 Å². The molecule has 1 aromatic carbocycles. The van der Waals surface area contributed by atoms with Gasteiger partial charge in [0.15, 0.2) is 0 Å². The van der Waals surface area contributed by atoms with Gasteiger partial charge in [0.2, 0.25) is 5.91 Å². The van der Waals surface area contributed by atoms with E-state index in [9.17, 15) is 9.59 Å². The van der Waals surface area contributed by atoms with Crippen LogP contribution >= 0.6 is 11.6 Å². The van der Waals surface area contributed by atoms with E-state index in [0.29, 0.717) is 22.8 Å².